The molecule has 0 saturated heterocycles. The van der Waals surface area contributed by atoms with Crippen LogP contribution in [0.5, 0.6) is 0 Å². The van der Waals surface area contributed by atoms with Gasteiger partial charge in [0.25, 0.3) is 0 Å². The number of hydrogen-bond acceptors (Lipinski definition) is 3. The number of nitro groups is 1. The summed E-state index contributed by atoms with van der Waals surface area (Å²) in [7, 11) is 0. The molecule has 0 radical (unpaired) electrons. The SMILES string of the molecule is CCCCCCCC/C=C\CCCCCCCC(O)C(CCC)[N+](=O)[O-]. The highest BCUT2D eigenvalue weighted by Crippen LogP contribution is 2.15. The largest absolute Gasteiger partial charge is 0.386 e. The van der Waals surface area contributed by atoms with Crippen molar-refractivity contribution < 1.29 is 10.0 Å². The Labute approximate surface area is 161 Å². The standard InChI is InChI=1S/C22H43NO3/c1-3-5-6-7-8-9-10-11-12-13-14-15-16-17-18-20-22(24)21(19-4-2)23(25)26/h11-12,21-22,24H,3-10,13-20H2,1-2H3/b12-11-. The molecule has 0 aromatic rings. The van der Waals surface area contributed by atoms with Gasteiger partial charge in [-0.25, -0.2) is 0 Å². The molecule has 0 fully saturated rings. The highest BCUT2D eigenvalue weighted by Gasteiger charge is 2.27. The lowest BCUT2D eigenvalue weighted by Gasteiger charge is -2.15. The number of hydrogen-bond donors (Lipinski definition) is 1. The minimum absolute atomic E-state index is 0.314. The van der Waals surface area contributed by atoms with Crippen molar-refractivity contribution in [1.82, 2.24) is 0 Å². The fraction of sp³-hybridized carbons (Fsp3) is 0.909. The fourth-order valence-electron chi connectivity index (χ4n) is 3.35. The molecule has 0 heterocycles. The molecule has 0 aliphatic rings. The average molecular weight is 370 g/mol. The number of aliphatic hydroxyl groups is 1. The molecular weight excluding hydrogens is 326 g/mol. The van der Waals surface area contributed by atoms with Crippen molar-refractivity contribution in [2.24, 2.45) is 0 Å². The van der Waals surface area contributed by atoms with E-state index in [9.17, 15) is 15.2 Å². The molecular formula is C22H43NO3. The number of allylic oxidation sites excluding steroid dienone is 2. The predicted octanol–water partition coefficient (Wildman–Crippen LogP) is 6.83. The maximum atomic E-state index is 10.9. The third-order valence-corrected chi connectivity index (χ3v) is 5.06. The topological polar surface area (TPSA) is 63.4 Å². The van der Waals surface area contributed by atoms with E-state index >= 15 is 0 Å². The van der Waals surface area contributed by atoms with Gasteiger partial charge in [-0.05, 0) is 38.5 Å². The maximum absolute atomic E-state index is 10.9. The third kappa shape index (κ3) is 15.4. The van der Waals surface area contributed by atoms with Crippen LogP contribution in [0.3, 0.4) is 0 Å². The first-order valence-corrected chi connectivity index (χ1v) is 11.1. The molecule has 0 rings (SSSR count). The van der Waals surface area contributed by atoms with E-state index in [4.69, 9.17) is 0 Å². The molecule has 0 bridgehead atoms. The molecule has 26 heavy (non-hydrogen) atoms. The lowest BCUT2D eigenvalue weighted by atomic mass is 10.00. The van der Waals surface area contributed by atoms with E-state index in [0.29, 0.717) is 12.8 Å². The van der Waals surface area contributed by atoms with Gasteiger partial charge in [-0.2, -0.15) is 0 Å². The summed E-state index contributed by atoms with van der Waals surface area (Å²) in [4.78, 5) is 10.6. The van der Waals surface area contributed by atoms with E-state index in [2.05, 4.69) is 19.1 Å². The minimum Gasteiger partial charge on any atom is -0.386 e. The summed E-state index contributed by atoms with van der Waals surface area (Å²) in [6, 6.07) is -0.781. The number of unbranched alkanes of at least 4 members (excludes halogenated alkanes) is 11. The second-order valence-corrected chi connectivity index (χ2v) is 7.58. The van der Waals surface area contributed by atoms with Crippen LogP contribution < -0.4 is 0 Å². The van der Waals surface area contributed by atoms with Gasteiger partial charge in [0.2, 0.25) is 6.04 Å². The molecule has 0 aliphatic heterocycles. The van der Waals surface area contributed by atoms with Crippen LogP contribution in [0.1, 0.15) is 117 Å². The summed E-state index contributed by atoms with van der Waals surface area (Å²) in [5, 5.41) is 20.9. The van der Waals surface area contributed by atoms with Gasteiger partial charge in [-0.1, -0.05) is 83.8 Å². The smallest absolute Gasteiger partial charge is 0.238 e. The average Bonchev–Trinajstić information content (AvgIpc) is 2.62. The van der Waals surface area contributed by atoms with Gasteiger partial charge in [-0.3, -0.25) is 10.1 Å². The number of nitrogens with zero attached hydrogens (tertiary/aromatic N) is 1. The molecule has 0 saturated carbocycles. The summed E-state index contributed by atoms with van der Waals surface area (Å²) < 4.78 is 0. The lowest BCUT2D eigenvalue weighted by molar-refractivity contribution is -0.535. The maximum Gasteiger partial charge on any atom is 0.238 e. The highest BCUT2D eigenvalue weighted by atomic mass is 16.6. The van der Waals surface area contributed by atoms with Crippen molar-refractivity contribution in [2.75, 3.05) is 0 Å². The van der Waals surface area contributed by atoms with Gasteiger partial charge >= 0.3 is 0 Å². The van der Waals surface area contributed by atoms with E-state index in [1.54, 1.807) is 0 Å². The Balaban J connectivity index is 3.42. The van der Waals surface area contributed by atoms with Crippen molar-refractivity contribution >= 4 is 0 Å². The van der Waals surface area contributed by atoms with Crippen molar-refractivity contribution in [3.8, 4) is 0 Å². The Morgan fingerprint density at radius 2 is 1.27 bits per heavy atom. The van der Waals surface area contributed by atoms with Crippen LogP contribution in [0, 0.1) is 10.1 Å². The van der Waals surface area contributed by atoms with E-state index in [-0.39, 0.29) is 4.92 Å². The Kier molecular flexibility index (Phi) is 18.2. The molecule has 1 N–H and O–H groups in total. The van der Waals surface area contributed by atoms with Gasteiger partial charge in [0, 0.05) is 11.3 Å². The highest BCUT2D eigenvalue weighted by molar-refractivity contribution is 4.81. The second-order valence-electron chi connectivity index (χ2n) is 7.58. The van der Waals surface area contributed by atoms with Gasteiger partial charge in [-0.15, -0.1) is 0 Å². The Bertz CT molecular complexity index is 344. The van der Waals surface area contributed by atoms with E-state index in [1.807, 2.05) is 6.92 Å². The molecule has 4 heteroatoms. The summed E-state index contributed by atoms with van der Waals surface area (Å²) in [5.41, 5.74) is 0. The predicted molar refractivity (Wildman–Crippen MR) is 111 cm³/mol. The van der Waals surface area contributed by atoms with E-state index in [0.717, 1.165) is 25.7 Å². The first-order chi connectivity index (χ1) is 12.6. The molecule has 154 valence electrons. The lowest BCUT2D eigenvalue weighted by Crippen LogP contribution is -2.33. The van der Waals surface area contributed by atoms with E-state index in [1.165, 1.54) is 64.2 Å². The van der Waals surface area contributed by atoms with Gasteiger partial charge < -0.3 is 5.11 Å². The molecule has 2 atom stereocenters. The normalized spacial score (nSPS) is 14.0. The number of rotatable bonds is 19. The molecule has 4 nitrogen and oxygen atoms in total. The zero-order valence-corrected chi connectivity index (χ0v) is 17.3. The Morgan fingerprint density at radius 1 is 0.769 bits per heavy atom. The second kappa shape index (κ2) is 18.9. The summed E-state index contributed by atoms with van der Waals surface area (Å²) in [6.07, 6.45) is 21.8. The molecule has 0 aromatic carbocycles. The molecule has 0 aliphatic carbocycles. The minimum atomic E-state index is -0.783. The van der Waals surface area contributed by atoms with Gasteiger partial charge in [0.1, 0.15) is 6.10 Å². The Morgan fingerprint density at radius 3 is 1.77 bits per heavy atom. The first-order valence-electron chi connectivity index (χ1n) is 11.1. The number of aliphatic hydroxyl groups excluding tert-OH is 1. The van der Waals surface area contributed by atoms with Gasteiger partial charge in [0.15, 0.2) is 0 Å². The first kappa shape index (κ1) is 25.1. The summed E-state index contributed by atoms with van der Waals surface area (Å²) in [6.45, 7) is 4.18. The zero-order chi connectivity index (χ0) is 19.5. The van der Waals surface area contributed by atoms with Gasteiger partial charge in [0.05, 0.1) is 0 Å². The van der Waals surface area contributed by atoms with Crippen LogP contribution in [0.4, 0.5) is 0 Å². The Hall–Kier alpha value is -0.900. The van der Waals surface area contributed by atoms with Crippen molar-refractivity contribution in [2.45, 2.75) is 129 Å². The van der Waals surface area contributed by atoms with Crippen LogP contribution >= 0.6 is 0 Å². The fourth-order valence-corrected chi connectivity index (χ4v) is 3.35. The molecule has 0 aromatic heterocycles. The molecule has 0 spiro atoms. The molecule has 2 unspecified atom stereocenters. The van der Waals surface area contributed by atoms with Crippen LogP contribution in [-0.2, 0) is 0 Å². The summed E-state index contributed by atoms with van der Waals surface area (Å²) >= 11 is 0. The quantitative estimate of drug-likeness (QED) is 0.117. The van der Waals surface area contributed by atoms with Crippen molar-refractivity contribution in [3.63, 3.8) is 0 Å². The summed E-state index contributed by atoms with van der Waals surface area (Å²) in [5.74, 6) is 0. The third-order valence-electron chi connectivity index (χ3n) is 5.06. The van der Waals surface area contributed by atoms with Crippen LogP contribution in [0.2, 0.25) is 0 Å². The van der Waals surface area contributed by atoms with Crippen LogP contribution in [-0.4, -0.2) is 22.2 Å². The molecule has 0 amide bonds. The van der Waals surface area contributed by atoms with Crippen LogP contribution in [0.25, 0.3) is 0 Å². The van der Waals surface area contributed by atoms with Crippen molar-refractivity contribution in [1.29, 1.82) is 0 Å². The zero-order valence-electron chi connectivity index (χ0n) is 17.3. The monoisotopic (exact) mass is 369 g/mol. The van der Waals surface area contributed by atoms with Crippen molar-refractivity contribution in [3.05, 3.63) is 22.3 Å². The van der Waals surface area contributed by atoms with E-state index < -0.39 is 12.1 Å². The van der Waals surface area contributed by atoms with Crippen LogP contribution in [0.15, 0.2) is 12.2 Å².